The molecule has 0 radical (unpaired) electrons. The monoisotopic (exact) mass is 274 g/mol. The number of carbonyl (C=O) groups excluding carboxylic acids is 1. The molecule has 1 amide bonds. The minimum absolute atomic E-state index is 0.0890. The van der Waals surface area contributed by atoms with Gasteiger partial charge in [-0.05, 0) is 43.9 Å². The molecule has 0 aromatic heterocycles. The summed E-state index contributed by atoms with van der Waals surface area (Å²) >= 11 is 0. The smallest absolute Gasteiger partial charge is 0.254 e. The highest BCUT2D eigenvalue weighted by Gasteiger charge is 2.51. The first-order chi connectivity index (χ1) is 9.54. The molecule has 1 N–H and O–H groups in total. The van der Waals surface area contributed by atoms with Crippen molar-refractivity contribution >= 4 is 5.91 Å². The number of carbonyl (C=O) groups is 1. The van der Waals surface area contributed by atoms with Crippen LogP contribution < -0.4 is 10.1 Å². The van der Waals surface area contributed by atoms with Crippen LogP contribution in [0.3, 0.4) is 0 Å². The van der Waals surface area contributed by atoms with Gasteiger partial charge in [-0.1, -0.05) is 6.07 Å². The van der Waals surface area contributed by atoms with Crippen LogP contribution in [0, 0.1) is 11.8 Å². The standard InChI is InChI=1S/C16H22N2O2/c1-16(2)14-9-17-8-12(14)10-18(16)15(19)11-5-4-6-13(7-11)20-3/h4-7,12,14,17H,8-10H2,1-3H3. The molecule has 4 heteroatoms. The summed E-state index contributed by atoms with van der Waals surface area (Å²) in [6.45, 7) is 7.25. The van der Waals surface area contributed by atoms with Crippen molar-refractivity contribution in [1.82, 2.24) is 10.2 Å². The molecule has 0 aliphatic carbocycles. The first-order valence-electron chi connectivity index (χ1n) is 7.21. The third-order valence-electron chi connectivity index (χ3n) is 4.92. The Bertz CT molecular complexity index is 527. The molecule has 0 saturated carbocycles. The molecule has 108 valence electrons. The fourth-order valence-corrected chi connectivity index (χ4v) is 3.68. The largest absolute Gasteiger partial charge is 0.497 e. The van der Waals surface area contributed by atoms with E-state index in [1.54, 1.807) is 7.11 Å². The maximum absolute atomic E-state index is 12.8. The van der Waals surface area contributed by atoms with Gasteiger partial charge in [-0.3, -0.25) is 4.79 Å². The Labute approximate surface area is 120 Å². The highest BCUT2D eigenvalue weighted by Crippen LogP contribution is 2.41. The molecule has 2 heterocycles. The van der Waals surface area contributed by atoms with Gasteiger partial charge < -0.3 is 15.0 Å². The van der Waals surface area contributed by atoms with Crippen molar-refractivity contribution in [3.63, 3.8) is 0 Å². The van der Waals surface area contributed by atoms with E-state index in [2.05, 4.69) is 19.2 Å². The summed E-state index contributed by atoms with van der Waals surface area (Å²) in [5.41, 5.74) is 0.624. The van der Waals surface area contributed by atoms with Crippen LogP contribution >= 0.6 is 0 Å². The van der Waals surface area contributed by atoms with E-state index in [1.807, 2.05) is 29.2 Å². The highest BCUT2D eigenvalue weighted by molar-refractivity contribution is 5.95. The molecule has 20 heavy (non-hydrogen) atoms. The van der Waals surface area contributed by atoms with E-state index >= 15 is 0 Å². The van der Waals surface area contributed by atoms with Crippen LogP contribution in [0.2, 0.25) is 0 Å². The molecule has 0 spiro atoms. The van der Waals surface area contributed by atoms with Crippen molar-refractivity contribution in [2.45, 2.75) is 19.4 Å². The zero-order chi connectivity index (χ0) is 14.3. The van der Waals surface area contributed by atoms with Gasteiger partial charge in [0.15, 0.2) is 0 Å². The lowest BCUT2D eigenvalue weighted by Crippen LogP contribution is -2.47. The normalized spacial score (nSPS) is 27.4. The van der Waals surface area contributed by atoms with Gasteiger partial charge >= 0.3 is 0 Å². The lowest BCUT2D eigenvalue weighted by Gasteiger charge is -2.35. The van der Waals surface area contributed by atoms with Crippen molar-refractivity contribution in [1.29, 1.82) is 0 Å². The molecule has 0 bridgehead atoms. The molecule has 2 atom stereocenters. The summed E-state index contributed by atoms with van der Waals surface area (Å²) in [4.78, 5) is 14.9. The number of hydrogen-bond donors (Lipinski definition) is 1. The SMILES string of the molecule is COc1cccc(C(=O)N2CC3CNCC3C2(C)C)c1. The number of rotatable bonds is 2. The third kappa shape index (κ3) is 1.99. The van der Waals surface area contributed by atoms with Crippen LogP contribution in [0.1, 0.15) is 24.2 Å². The topological polar surface area (TPSA) is 41.6 Å². The van der Waals surface area contributed by atoms with Gasteiger partial charge in [-0.25, -0.2) is 0 Å². The average molecular weight is 274 g/mol. The zero-order valence-corrected chi connectivity index (χ0v) is 12.3. The fraction of sp³-hybridized carbons (Fsp3) is 0.562. The Morgan fingerprint density at radius 1 is 1.40 bits per heavy atom. The molecule has 1 aromatic rings. The van der Waals surface area contributed by atoms with Crippen LogP contribution in [-0.2, 0) is 0 Å². The van der Waals surface area contributed by atoms with Crippen LogP contribution in [0.15, 0.2) is 24.3 Å². The van der Waals surface area contributed by atoms with Gasteiger partial charge in [0.1, 0.15) is 5.75 Å². The fourth-order valence-electron chi connectivity index (χ4n) is 3.68. The van der Waals surface area contributed by atoms with Gasteiger partial charge in [0.25, 0.3) is 5.91 Å². The summed E-state index contributed by atoms with van der Waals surface area (Å²) in [7, 11) is 1.62. The van der Waals surface area contributed by atoms with Crippen LogP contribution in [-0.4, -0.2) is 43.1 Å². The van der Waals surface area contributed by atoms with Gasteiger partial charge in [0, 0.05) is 30.7 Å². The summed E-state index contributed by atoms with van der Waals surface area (Å²) in [5, 5.41) is 3.44. The lowest BCUT2D eigenvalue weighted by molar-refractivity contribution is 0.0603. The van der Waals surface area contributed by atoms with Crippen molar-refractivity contribution < 1.29 is 9.53 Å². The van der Waals surface area contributed by atoms with Crippen molar-refractivity contribution in [2.24, 2.45) is 11.8 Å². The van der Waals surface area contributed by atoms with Crippen LogP contribution in [0.5, 0.6) is 5.75 Å². The van der Waals surface area contributed by atoms with Gasteiger partial charge in [0.05, 0.1) is 7.11 Å². The van der Waals surface area contributed by atoms with E-state index in [9.17, 15) is 4.79 Å². The van der Waals surface area contributed by atoms with E-state index in [0.29, 0.717) is 17.4 Å². The van der Waals surface area contributed by atoms with Crippen molar-refractivity contribution in [3.05, 3.63) is 29.8 Å². The Morgan fingerprint density at radius 2 is 2.20 bits per heavy atom. The molecule has 2 fully saturated rings. The minimum atomic E-state index is -0.0890. The Balaban J connectivity index is 1.87. The van der Waals surface area contributed by atoms with Crippen molar-refractivity contribution in [3.8, 4) is 5.75 Å². The molecule has 1 aromatic carbocycles. The quantitative estimate of drug-likeness (QED) is 0.893. The number of likely N-dealkylation sites (tertiary alicyclic amines) is 1. The Kier molecular flexibility index (Phi) is 3.21. The molecule has 2 aliphatic rings. The number of methoxy groups -OCH3 is 1. The molecular weight excluding hydrogens is 252 g/mol. The first kappa shape index (κ1) is 13.4. The number of ether oxygens (including phenoxy) is 1. The van der Waals surface area contributed by atoms with Crippen LogP contribution in [0.4, 0.5) is 0 Å². The summed E-state index contributed by atoms with van der Waals surface area (Å²) in [6.07, 6.45) is 0. The summed E-state index contributed by atoms with van der Waals surface area (Å²) in [6, 6.07) is 7.43. The molecule has 3 rings (SSSR count). The van der Waals surface area contributed by atoms with E-state index < -0.39 is 0 Å². The highest BCUT2D eigenvalue weighted by atomic mass is 16.5. The average Bonchev–Trinajstić information content (AvgIpc) is 3.01. The first-order valence-corrected chi connectivity index (χ1v) is 7.21. The number of benzene rings is 1. The number of nitrogens with zero attached hydrogens (tertiary/aromatic N) is 1. The predicted molar refractivity (Wildman–Crippen MR) is 78.0 cm³/mol. The van der Waals surface area contributed by atoms with Gasteiger partial charge in [0.2, 0.25) is 0 Å². The maximum Gasteiger partial charge on any atom is 0.254 e. The predicted octanol–water partition coefficient (Wildman–Crippen LogP) is 1.77. The molecule has 2 unspecified atom stereocenters. The number of fused-ring (bicyclic) bond motifs is 1. The van der Waals surface area contributed by atoms with Crippen LogP contribution in [0.25, 0.3) is 0 Å². The van der Waals surface area contributed by atoms with E-state index in [0.717, 1.165) is 25.4 Å². The van der Waals surface area contributed by atoms with Gasteiger partial charge in [-0.2, -0.15) is 0 Å². The molecule has 2 aliphatic heterocycles. The van der Waals surface area contributed by atoms with E-state index in [1.165, 1.54) is 0 Å². The second kappa shape index (κ2) is 4.77. The van der Waals surface area contributed by atoms with E-state index in [4.69, 9.17) is 4.74 Å². The van der Waals surface area contributed by atoms with E-state index in [-0.39, 0.29) is 11.4 Å². The Hall–Kier alpha value is -1.55. The maximum atomic E-state index is 12.8. The molecule has 2 saturated heterocycles. The molecule has 4 nitrogen and oxygen atoms in total. The summed E-state index contributed by atoms with van der Waals surface area (Å²) < 4.78 is 5.21. The number of hydrogen-bond acceptors (Lipinski definition) is 3. The molecular formula is C16H22N2O2. The second-order valence-electron chi connectivity index (χ2n) is 6.33. The number of amides is 1. The third-order valence-corrected chi connectivity index (χ3v) is 4.92. The Morgan fingerprint density at radius 3 is 2.90 bits per heavy atom. The summed E-state index contributed by atoms with van der Waals surface area (Å²) in [5.74, 6) is 1.98. The number of nitrogens with one attached hydrogen (secondary N) is 1. The van der Waals surface area contributed by atoms with Crippen molar-refractivity contribution in [2.75, 3.05) is 26.7 Å². The minimum Gasteiger partial charge on any atom is -0.497 e. The lowest BCUT2D eigenvalue weighted by atomic mass is 9.84. The van der Waals surface area contributed by atoms with Gasteiger partial charge in [-0.15, -0.1) is 0 Å². The zero-order valence-electron chi connectivity index (χ0n) is 12.3. The second-order valence-corrected chi connectivity index (χ2v) is 6.33.